The smallest absolute Gasteiger partial charge is 0.251 e. The molecular formula is C20H27N5O2S2. The molecule has 2 aliphatic rings. The van der Waals surface area contributed by atoms with Crippen LogP contribution in [0.3, 0.4) is 0 Å². The van der Waals surface area contributed by atoms with E-state index < -0.39 is 5.91 Å². The zero-order chi connectivity index (χ0) is 20.5. The molecule has 2 heterocycles. The summed E-state index contributed by atoms with van der Waals surface area (Å²) in [6.07, 6.45) is 7.64. The second-order valence-electron chi connectivity index (χ2n) is 8.14. The number of primary amides is 1. The molecule has 29 heavy (non-hydrogen) atoms. The molecule has 7 nitrogen and oxygen atoms in total. The molecule has 0 spiro atoms. The molecule has 2 aromatic rings. The molecule has 9 heteroatoms. The van der Waals surface area contributed by atoms with Crippen LogP contribution in [0.15, 0.2) is 5.16 Å². The SMILES string of the molecule is CC1CCc2c(sc(NC(=O)CSc3nnc(C4CCCC4)n3C)c2C(N)=O)C1. The van der Waals surface area contributed by atoms with Gasteiger partial charge in [0.05, 0.1) is 11.3 Å². The lowest BCUT2D eigenvalue weighted by Gasteiger charge is -2.18. The van der Waals surface area contributed by atoms with Crippen LogP contribution in [0.5, 0.6) is 0 Å². The first-order valence-electron chi connectivity index (χ1n) is 10.2. The number of thioether (sulfide) groups is 1. The number of nitrogens with two attached hydrogens (primary N) is 1. The number of anilines is 1. The average Bonchev–Trinajstić information content (AvgIpc) is 3.38. The van der Waals surface area contributed by atoms with Crippen LogP contribution in [0.25, 0.3) is 0 Å². The van der Waals surface area contributed by atoms with Gasteiger partial charge in [0.25, 0.3) is 5.91 Å². The number of hydrogen-bond donors (Lipinski definition) is 2. The number of nitrogens with one attached hydrogen (secondary N) is 1. The van der Waals surface area contributed by atoms with Crippen molar-refractivity contribution in [2.24, 2.45) is 18.7 Å². The second-order valence-corrected chi connectivity index (χ2v) is 10.2. The number of rotatable bonds is 6. The molecule has 156 valence electrons. The Balaban J connectivity index is 1.42. The number of nitrogens with zero attached hydrogens (tertiary/aromatic N) is 3. The Labute approximate surface area is 178 Å². The predicted octanol–water partition coefficient (Wildman–Crippen LogP) is 3.49. The number of fused-ring (bicyclic) bond motifs is 1. The van der Waals surface area contributed by atoms with Crippen molar-refractivity contribution < 1.29 is 9.59 Å². The Morgan fingerprint density at radius 2 is 2.03 bits per heavy atom. The standard InChI is InChI=1S/C20H27N5O2S2/c1-11-7-8-13-14(9-11)29-19(16(13)17(21)27)22-15(26)10-28-20-24-23-18(25(20)2)12-5-3-4-6-12/h11-12H,3-10H2,1-2H3,(H2,21,27)(H,22,26). The van der Waals surface area contributed by atoms with E-state index in [0.717, 1.165) is 48.6 Å². The van der Waals surface area contributed by atoms with Gasteiger partial charge in [-0.15, -0.1) is 21.5 Å². The Morgan fingerprint density at radius 3 is 2.76 bits per heavy atom. The van der Waals surface area contributed by atoms with Crippen molar-refractivity contribution in [3.63, 3.8) is 0 Å². The molecule has 0 aromatic carbocycles. The molecule has 1 unspecified atom stereocenters. The van der Waals surface area contributed by atoms with Crippen molar-refractivity contribution >= 4 is 39.9 Å². The normalized spacial score (nSPS) is 19.3. The quantitative estimate of drug-likeness (QED) is 0.679. The summed E-state index contributed by atoms with van der Waals surface area (Å²) in [6.45, 7) is 2.21. The van der Waals surface area contributed by atoms with Gasteiger partial charge in [-0.2, -0.15) is 0 Å². The highest BCUT2D eigenvalue weighted by Gasteiger charge is 2.27. The highest BCUT2D eigenvalue weighted by molar-refractivity contribution is 7.99. The fourth-order valence-corrected chi connectivity index (χ4v) is 6.53. The van der Waals surface area contributed by atoms with Gasteiger partial charge in [0.1, 0.15) is 10.8 Å². The van der Waals surface area contributed by atoms with E-state index in [0.29, 0.717) is 22.4 Å². The fourth-order valence-electron chi connectivity index (χ4n) is 4.38. The molecule has 1 fully saturated rings. The Bertz CT molecular complexity index is 930. The number of aromatic nitrogens is 3. The van der Waals surface area contributed by atoms with Crippen molar-refractivity contribution in [2.45, 2.75) is 62.9 Å². The van der Waals surface area contributed by atoms with Crippen LogP contribution in [-0.2, 0) is 24.7 Å². The van der Waals surface area contributed by atoms with Gasteiger partial charge in [-0.1, -0.05) is 31.5 Å². The third kappa shape index (κ3) is 4.21. The first kappa shape index (κ1) is 20.4. The number of amides is 2. The number of carbonyl (C=O) groups excluding carboxylic acids is 2. The van der Waals surface area contributed by atoms with E-state index in [-0.39, 0.29) is 11.7 Å². The summed E-state index contributed by atoms with van der Waals surface area (Å²) in [7, 11) is 1.97. The molecule has 2 amide bonds. The zero-order valence-corrected chi connectivity index (χ0v) is 18.5. The first-order valence-corrected chi connectivity index (χ1v) is 12.0. The monoisotopic (exact) mass is 433 g/mol. The van der Waals surface area contributed by atoms with Crippen molar-refractivity contribution in [3.8, 4) is 0 Å². The summed E-state index contributed by atoms with van der Waals surface area (Å²) < 4.78 is 2.01. The van der Waals surface area contributed by atoms with E-state index >= 15 is 0 Å². The third-order valence-corrected chi connectivity index (χ3v) is 8.12. The maximum atomic E-state index is 12.6. The lowest BCUT2D eigenvalue weighted by molar-refractivity contribution is -0.113. The molecule has 0 aliphatic heterocycles. The average molecular weight is 434 g/mol. The topological polar surface area (TPSA) is 103 Å². The van der Waals surface area contributed by atoms with Crippen LogP contribution in [0.1, 0.15) is 71.6 Å². The maximum Gasteiger partial charge on any atom is 0.251 e. The number of carbonyl (C=O) groups is 2. The van der Waals surface area contributed by atoms with E-state index in [1.165, 1.54) is 40.8 Å². The van der Waals surface area contributed by atoms with Gasteiger partial charge in [-0.25, -0.2) is 0 Å². The summed E-state index contributed by atoms with van der Waals surface area (Å²) in [5.74, 6) is 1.68. The second kappa shape index (κ2) is 8.47. The summed E-state index contributed by atoms with van der Waals surface area (Å²) in [5, 5.41) is 12.9. The van der Waals surface area contributed by atoms with Crippen molar-refractivity contribution in [3.05, 3.63) is 21.8 Å². The van der Waals surface area contributed by atoms with Crippen molar-refractivity contribution in [1.29, 1.82) is 0 Å². The Morgan fingerprint density at radius 1 is 1.28 bits per heavy atom. The van der Waals surface area contributed by atoms with Crippen LogP contribution in [-0.4, -0.2) is 32.3 Å². The number of hydrogen-bond acceptors (Lipinski definition) is 6. The molecule has 0 bridgehead atoms. The van der Waals surface area contributed by atoms with E-state index in [9.17, 15) is 9.59 Å². The molecule has 1 saturated carbocycles. The van der Waals surface area contributed by atoms with Gasteiger partial charge in [-0.05, 0) is 43.6 Å². The molecule has 4 rings (SSSR count). The van der Waals surface area contributed by atoms with E-state index in [4.69, 9.17) is 5.73 Å². The lowest BCUT2D eigenvalue weighted by atomic mass is 9.88. The first-order chi connectivity index (χ1) is 13.9. The predicted molar refractivity (Wildman–Crippen MR) is 116 cm³/mol. The van der Waals surface area contributed by atoms with Gasteiger partial charge in [0.2, 0.25) is 5.91 Å². The Kier molecular flexibility index (Phi) is 5.96. The number of thiophene rings is 1. The van der Waals surface area contributed by atoms with Crippen LogP contribution >= 0.6 is 23.1 Å². The highest BCUT2D eigenvalue weighted by Crippen LogP contribution is 2.39. The van der Waals surface area contributed by atoms with Gasteiger partial charge in [-0.3, -0.25) is 9.59 Å². The summed E-state index contributed by atoms with van der Waals surface area (Å²) in [6, 6.07) is 0. The van der Waals surface area contributed by atoms with Crippen molar-refractivity contribution in [1.82, 2.24) is 14.8 Å². The van der Waals surface area contributed by atoms with Gasteiger partial charge in [0, 0.05) is 17.8 Å². The minimum Gasteiger partial charge on any atom is -0.365 e. The van der Waals surface area contributed by atoms with Crippen LogP contribution in [0.4, 0.5) is 5.00 Å². The highest BCUT2D eigenvalue weighted by atomic mass is 32.2. The Hall–Kier alpha value is -1.87. The third-order valence-electron chi connectivity index (χ3n) is 5.93. The summed E-state index contributed by atoms with van der Waals surface area (Å²) in [4.78, 5) is 25.8. The van der Waals surface area contributed by atoms with Crippen LogP contribution in [0, 0.1) is 5.92 Å². The maximum absolute atomic E-state index is 12.6. The summed E-state index contributed by atoms with van der Waals surface area (Å²) in [5.41, 5.74) is 7.15. The van der Waals surface area contributed by atoms with Gasteiger partial charge in [0.15, 0.2) is 5.16 Å². The molecule has 2 aliphatic carbocycles. The van der Waals surface area contributed by atoms with Crippen LogP contribution < -0.4 is 11.1 Å². The molecule has 1 atom stereocenters. The lowest BCUT2D eigenvalue weighted by Crippen LogP contribution is -2.20. The molecular weight excluding hydrogens is 406 g/mol. The minimum atomic E-state index is -0.463. The van der Waals surface area contributed by atoms with E-state index in [1.54, 1.807) is 0 Å². The summed E-state index contributed by atoms with van der Waals surface area (Å²) >= 11 is 2.86. The molecule has 3 N–H and O–H groups in total. The minimum absolute atomic E-state index is 0.158. The fraction of sp³-hybridized carbons (Fsp3) is 0.600. The van der Waals surface area contributed by atoms with E-state index in [2.05, 4.69) is 22.4 Å². The van der Waals surface area contributed by atoms with Gasteiger partial charge < -0.3 is 15.6 Å². The van der Waals surface area contributed by atoms with Crippen molar-refractivity contribution in [2.75, 3.05) is 11.1 Å². The molecule has 2 aromatic heterocycles. The molecule has 0 radical (unpaired) electrons. The molecule has 0 saturated heterocycles. The zero-order valence-electron chi connectivity index (χ0n) is 16.9. The van der Waals surface area contributed by atoms with Crippen LogP contribution in [0.2, 0.25) is 0 Å². The van der Waals surface area contributed by atoms with E-state index in [1.807, 2.05) is 11.6 Å². The largest absolute Gasteiger partial charge is 0.365 e. The van der Waals surface area contributed by atoms with Gasteiger partial charge >= 0.3 is 0 Å².